The first-order chi connectivity index (χ1) is 11.5. The number of carbonyl (C=O) groups excluding carboxylic acids is 1. The topological polar surface area (TPSA) is 81.2 Å². The van der Waals surface area contributed by atoms with Crippen molar-refractivity contribution in [3.05, 3.63) is 66.1 Å². The number of amides is 1. The van der Waals surface area contributed by atoms with E-state index in [1.54, 1.807) is 24.3 Å². The summed E-state index contributed by atoms with van der Waals surface area (Å²) in [6, 6.07) is 14.9. The van der Waals surface area contributed by atoms with Gasteiger partial charge in [-0.25, -0.2) is 4.98 Å². The van der Waals surface area contributed by atoms with Crippen molar-refractivity contribution in [2.45, 2.75) is 19.8 Å². The van der Waals surface area contributed by atoms with Crippen LogP contribution in [-0.4, -0.2) is 10.9 Å². The average Bonchev–Trinajstić information content (AvgIpc) is 3.06. The van der Waals surface area contributed by atoms with Crippen LogP contribution in [0.3, 0.4) is 0 Å². The zero-order valence-corrected chi connectivity index (χ0v) is 13.6. The molecular weight excluding hydrogens is 302 g/mol. The van der Waals surface area contributed by atoms with Crippen LogP contribution in [0.25, 0.3) is 11.5 Å². The SMILES string of the molecule is CC(C)c1ccc(NC(=O)c2coc(-c3ccc(N)cc3)n2)cc1. The van der Waals surface area contributed by atoms with Gasteiger partial charge in [-0.3, -0.25) is 4.79 Å². The largest absolute Gasteiger partial charge is 0.444 e. The van der Waals surface area contributed by atoms with Gasteiger partial charge in [-0.1, -0.05) is 26.0 Å². The Morgan fingerprint density at radius 2 is 1.75 bits per heavy atom. The van der Waals surface area contributed by atoms with E-state index in [0.717, 1.165) is 11.3 Å². The van der Waals surface area contributed by atoms with Crippen molar-refractivity contribution >= 4 is 17.3 Å². The van der Waals surface area contributed by atoms with Gasteiger partial charge < -0.3 is 15.5 Å². The van der Waals surface area contributed by atoms with E-state index in [9.17, 15) is 4.79 Å². The minimum Gasteiger partial charge on any atom is -0.444 e. The lowest BCUT2D eigenvalue weighted by Crippen LogP contribution is -2.12. The highest BCUT2D eigenvalue weighted by atomic mass is 16.3. The Labute approximate surface area is 140 Å². The van der Waals surface area contributed by atoms with Gasteiger partial charge >= 0.3 is 0 Å². The van der Waals surface area contributed by atoms with Gasteiger partial charge in [0.2, 0.25) is 5.89 Å². The molecule has 0 spiro atoms. The Kier molecular flexibility index (Phi) is 4.33. The minimum absolute atomic E-state index is 0.231. The van der Waals surface area contributed by atoms with Crippen molar-refractivity contribution < 1.29 is 9.21 Å². The molecule has 0 radical (unpaired) electrons. The number of hydrogen-bond donors (Lipinski definition) is 2. The average molecular weight is 321 g/mol. The van der Waals surface area contributed by atoms with Gasteiger partial charge in [0.15, 0.2) is 5.69 Å². The number of anilines is 2. The summed E-state index contributed by atoms with van der Waals surface area (Å²) in [5, 5.41) is 2.82. The Morgan fingerprint density at radius 1 is 1.08 bits per heavy atom. The molecule has 0 aliphatic rings. The summed E-state index contributed by atoms with van der Waals surface area (Å²) in [6.07, 6.45) is 1.35. The Balaban J connectivity index is 1.72. The van der Waals surface area contributed by atoms with E-state index in [1.807, 2.05) is 24.3 Å². The van der Waals surface area contributed by atoms with Crippen LogP contribution in [0.1, 0.15) is 35.8 Å². The van der Waals surface area contributed by atoms with Gasteiger partial charge in [0.25, 0.3) is 5.91 Å². The number of nitrogens with one attached hydrogen (secondary N) is 1. The van der Waals surface area contributed by atoms with Gasteiger partial charge in [0, 0.05) is 16.9 Å². The molecule has 0 aliphatic carbocycles. The smallest absolute Gasteiger partial charge is 0.277 e. The number of rotatable bonds is 4. The highest BCUT2D eigenvalue weighted by molar-refractivity contribution is 6.02. The first-order valence-corrected chi connectivity index (χ1v) is 7.75. The van der Waals surface area contributed by atoms with Crippen molar-refractivity contribution in [2.75, 3.05) is 11.1 Å². The summed E-state index contributed by atoms with van der Waals surface area (Å²) in [5.41, 5.74) is 9.26. The number of hydrogen-bond acceptors (Lipinski definition) is 4. The zero-order valence-electron chi connectivity index (χ0n) is 13.6. The van der Waals surface area contributed by atoms with Crippen molar-refractivity contribution in [3.8, 4) is 11.5 Å². The lowest BCUT2D eigenvalue weighted by atomic mass is 10.0. The zero-order chi connectivity index (χ0) is 17.1. The fourth-order valence-corrected chi connectivity index (χ4v) is 2.28. The number of nitrogens with two attached hydrogens (primary N) is 1. The molecule has 0 aliphatic heterocycles. The van der Waals surface area contributed by atoms with Crippen LogP contribution < -0.4 is 11.1 Å². The van der Waals surface area contributed by atoms with E-state index >= 15 is 0 Å². The number of oxazole rings is 1. The predicted octanol–water partition coefficient (Wildman–Crippen LogP) is 4.30. The number of aromatic nitrogens is 1. The number of benzene rings is 2. The second-order valence-corrected chi connectivity index (χ2v) is 5.89. The van der Waals surface area contributed by atoms with Crippen LogP contribution in [0, 0.1) is 0 Å². The monoisotopic (exact) mass is 321 g/mol. The molecule has 3 rings (SSSR count). The van der Waals surface area contributed by atoms with Crippen molar-refractivity contribution in [1.82, 2.24) is 4.98 Å². The highest BCUT2D eigenvalue weighted by Gasteiger charge is 2.13. The number of carbonyl (C=O) groups is 1. The Bertz CT molecular complexity index is 834. The lowest BCUT2D eigenvalue weighted by Gasteiger charge is -2.07. The highest BCUT2D eigenvalue weighted by Crippen LogP contribution is 2.21. The molecule has 24 heavy (non-hydrogen) atoms. The summed E-state index contributed by atoms with van der Waals surface area (Å²) in [7, 11) is 0. The summed E-state index contributed by atoms with van der Waals surface area (Å²) in [6.45, 7) is 4.25. The number of nitrogen functional groups attached to an aromatic ring is 1. The first kappa shape index (κ1) is 15.8. The maximum atomic E-state index is 12.3. The second-order valence-electron chi connectivity index (χ2n) is 5.89. The predicted molar refractivity (Wildman–Crippen MR) is 94.8 cm³/mol. The third kappa shape index (κ3) is 3.46. The van der Waals surface area contributed by atoms with E-state index in [0.29, 0.717) is 17.5 Å². The molecule has 1 amide bonds. The molecule has 0 saturated heterocycles. The molecule has 0 fully saturated rings. The Hall–Kier alpha value is -3.08. The standard InChI is InChI=1S/C19H19N3O2/c1-12(2)13-5-9-16(10-6-13)21-18(23)17-11-24-19(22-17)14-3-7-15(20)8-4-14/h3-12H,20H2,1-2H3,(H,21,23). The molecule has 0 saturated carbocycles. The molecule has 1 aromatic heterocycles. The molecule has 5 heteroatoms. The summed E-state index contributed by atoms with van der Waals surface area (Å²) in [5.74, 6) is 0.529. The van der Waals surface area contributed by atoms with Gasteiger partial charge in [0.05, 0.1) is 0 Å². The third-order valence-electron chi connectivity index (χ3n) is 3.73. The molecular formula is C19H19N3O2. The molecule has 0 atom stereocenters. The maximum absolute atomic E-state index is 12.3. The van der Waals surface area contributed by atoms with E-state index in [4.69, 9.17) is 10.2 Å². The van der Waals surface area contributed by atoms with Crippen LogP contribution >= 0.6 is 0 Å². The number of nitrogens with zero attached hydrogens (tertiary/aromatic N) is 1. The molecule has 5 nitrogen and oxygen atoms in total. The van der Waals surface area contributed by atoms with Crippen LogP contribution in [0.2, 0.25) is 0 Å². The van der Waals surface area contributed by atoms with E-state index in [-0.39, 0.29) is 11.6 Å². The fraction of sp³-hybridized carbons (Fsp3) is 0.158. The lowest BCUT2D eigenvalue weighted by molar-refractivity contribution is 0.102. The summed E-state index contributed by atoms with van der Waals surface area (Å²) < 4.78 is 5.39. The summed E-state index contributed by atoms with van der Waals surface area (Å²) >= 11 is 0. The van der Waals surface area contributed by atoms with E-state index in [1.165, 1.54) is 11.8 Å². The molecule has 122 valence electrons. The molecule has 0 bridgehead atoms. The molecule has 3 N–H and O–H groups in total. The van der Waals surface area contributed by atoms with Crippen LogP contribution in [0.15, 0.2) is 59.2 Å². The molecule has 0 unspecified atom stereocenters. The van der Waals surface area contributed by atoms with Crippen molar-refractivity contribution in [3.63, 3.8) is 0 Å². The first-order valence-electron chi connectivity index (χ1n) is 7.75. The van der Waals surface area contributed by atoms with Crippen molar-refractivity contribution in [2.24, 2.45) is 0 Å². The van der Waals surface area contributed by atoms with Gasteiger partial charge in [-0.05, 0) is 47.9 Å². The molecule has 2 aromatic carbocycles. The Morgan fingerprint density at radius 3 is 2.38 bits per heavy atom. The van der Waals surface area contributed by atoms with Crippen molar-refractivity contribution in [1.29, 1.82) is 0 Å². The van der Waals surface area contributed by atoms with Gasteiger partial charge in [-0.15, -0.1) is 0 Å². The van der Waals surface area contributed by atoms with Gasteiger partial charge in [-0.2, -0.15) is 0 Å². The maximum Gasteiger partial charge on any atom is 0.277 e. The normalized spacial score (nSPS) is 10.8. The van der Waals surface area contributed by atoms with E-state index < -0.39 is 0 Å². The third-order valence-corrected chi connectivity index (χ3v) is 3.73. The van der Waals surface area contributed by atoms with Gasteiger partial charge in [0.1, 0.15) is 6.26 Å². The molecule has 1 heterocycles. The van der Waals surface area contributed by atoms with Crippen LogP contribution in [0.5, 0.6) is 0 Å². The second kappa shape index (κ2) is 6.58. The molecule has 3 aromatic rings. The van der Waals surface area contributed by atoms with E-state index in [2.05, 4.69) is 24.1 Å². The quantitative estimate of drug-likeness (QED) is 0.702. The van der Waals surface area contributed by atoms with Crippen LogP contribution in [-0.2, 0) is 0 Å². The fourth-order valence-electron chi connectivity index (χ4n) is 2.28. The van der Waals surface area contributed by atoms with Crippen LogP contribution in [0.4, 0.5) is 11.4 Å². The summed E-state index contributed by atoms with van der Waals surface area (Å²) in [4.78, 5) is 16.5. The minimum atomic E-state index is -0.308.